The van der Waals surface area contributed by atoms with Crippen LogP contribution < -0.4 is 5.73 Å². The Morgan fingerprint density at radius 2 is 2.26 bits per heavy atom. The molecule has 0 saturated carbocycles. The quantitative estimate of drug-likeness (QED) is 0.662. The summed E-state index contributed by atoms with van der Waals surface area (Å²) in [5.41, 5.74) is 5.13. The Morgan fingerprint density at radius 1 is 1.58 bits per heavy atom. The summed E-state index contributed by atoms with van der Waals surface area (Å²) in [6, 6.07) is 0.978. The number of hydrogen-bond acceptors (Lipinski definition) is 7. The van der Waals surface area contributed by atoms with E-state index in [1.165, 1.54) is 11.4 Å². The fourth-order valence-electron chi connectivity index (χ4n) is 1.79. The molecular formula is C9H13N3O4S3. The Bertz CT molecular complexity index is 592. The molecule has 1 aliphatic rings. The first-order valence-corrected chi connectivity index (χ1v) is 8.84. The second-order valence-electron chi connectivity index (χ2n) is 4.11. The second kappa shape index (κ2) is 5.27. The van der Waals surface area contributed by atoms with Crippen molar-refractivity contribution < 1.29 is 13.3 Å². The van der Waals surface area contributed by atoms with Gasteiger partial charge in [0, 0.05) is 24.9 Å². The van der Waals surface area contributed by atoms with Crippen LogP contribution >= 0.6 is 23.1 Å². The lowest BCUT2D eigenvalue weighted by molar-refractivity contribution is -0.383. The largest absolute Gasteiger partial charge is 0.385 e. The van der Waals surface area contributed by atoms with Crippen molar-refractivity contribution >= 4 is 43.8 Å². The number of nitrogens with two attached hydrogens (primary N) is 1. The molecule has 1 atom stereocenters. The molecule has 0 aliphatic carbocycles. The third kappa shape index (κ3) is 2.71. The normalized spacial score (nSPS) is 20.0. The average molecular weight is 323 g/mol. The molecule has 2 rings (SSSR count). The molecule has 106 valence electrons. The highest BCUT2D eigenvalue weighted by atomic mass is 32.2. The van der Waals surface area contributed by atoms with Gasteiger partial charge in [0.1, 0.15) is 4.21 Å². The van der Waals surface area contributed by atoms with E-state index >= 15 is 0 Å². The smallest absolute Gasteiger partial charge is 0.304 e. The van der Waals surface area contributed by atoms with Crippen LogP contribution in [0.3, 0.4) is 0 Å². The van der Waals surface area contributed by atoms with Crippen molar-refractivity contribution in [2.45, 2.75) is 16.7 Å². The molecule has 2 heterocycles. The van der Waals surface area contributed by atoms with Crippen LogP contribution in [-0.2, 0) is 10.0 Å². The van der Waals surface area contributed by atoms with Crippen LogP contribution in [0.1, 0.15) is 6.42 Å². The van der Waals surface area contributed by atoms with Gasteiger partial charge in [-0.2, -0.15) is 16.1 Å². The summed E-state index contributed by atoms with van der Waals surface area (Å²) in [5, 5.41) is 10.6. The van der Waals surface area contributed by atoms with E-state index in [-0.39, 0.29) is 20.9 Å². The molecule has 1 aromatic rings. The van der Waals surface area contributed by atoms with E-state index in [0.717, 1.165) is 35.3 Å². The molecule has 0 radical (unpaired) electrons. The number of nitrogens with zero attached hydrogens (tertiary/aromatic N) is 2. The number of thioether (sulfide) groups is 1. The molecule has 1 unspecified atom stereocenters. The van der Waals surface area contributed by atoms with Gasteiger partial charge in [-0.1, -0.05) is 11.3 Å². The third-order valence-electron chi connectivity index (χ3n) is 2.97. The molecule has 10 heteroatoms. The monoisotopic (exact) mass is 323 g/mol. The maximum atomic E-state index is 12.4. The van der Waals surface area contributed by atoms with E-state index in [4.69, 9.17) is 5.73 Å². The highest BCUT2D eigenvalue weighted by molar-refractivity contribution is 7.99. The van der Waals surface area contributed by atoms with Crippen LogP contribution in [0.25, 0.3) is 0 Å². The minimum atomic E-state index is -3.70. The highest BCUT2D eigenvalue weighted by Gasteiger charge is 2.33. The summed E-state index contributed by atoms with van der Waals surface area (Å²) in [6.45, 7) is 0. The lowest BCUT2D eigenvalue weighted by Gasteiger charge is -2.21. The van der Waals surface area contributed by atoms with Gasteiger partial charge in [-0.25, -0.2) is 8.42 Å². The van der Waals surface area contributed by atoms with Crippen LogP contribution in [0.15, 0.2) is 10.3 Å². The molecule has 19 heavy (non-hydrogen) atoms. The van der Waals surface area contributed by atoms with Crippen molar-refractivity contribution in [2.75, 3.05) is 24.3 Å². The predicted molar refractivity (Wildman–Crippen MR) is 76.1 cm³/mol. The molecule has 2 N–H and O–H groups in total. The number of nitrogen functional groups attached to an aromatic ring is 1. The number of hydrogen-bond donors (Lipinski definition) is 1. The van der Waals surface area contributed by atoms with E-state index in [0.29, 0.717) is 0 Å². The standard InChI is InChI=1S/C9H13N3O4S3/c1-11(6-2-3-17-5-6)19(15,16)8-4-7(12(13)14)9(10)18-8/h4,6H,2-3,5,10H2,1H3. The number of anilines is 1. The predicted octanol–water partition coefficient (Wildman–Crippen LogP) is 1.36. The molecular weight excluding hydrogens is 310 g/mol. The first-order chi connectivity index (χ1) is 8.84. The van der Waals surface area contributed by atoms with E-state index < -0.39 is 14.9 Å². The van der Waals surface area contributed by atoms with Crippen LogP contribution in [-0.4, -0.2) is 42.2 Å². The van der Waals surface area contributed by atoms with Crippen molar-refractivity contribution in [3.05, 3.63) is 16.2 Å². The van der Waals surface area contributed by atoms with Crippen molar-refractivity contribution in [3.8, 4) is 0 Å². The molecule has 1 aliphatic heterocycles. The summed E-state index contributed by atoms with van der Waals surface area (Å²) in [4.78, 5) is 10.0. The first-order valence-electron chi connectivity index (χ1n) is 5.43. The van der Waals surface area contributed by atoms with Crippen LogP contribution in [0.4, 0.5) is 10.7 Å². The number of sulfonamides is 1. The summed E-state index contributed by atoms with van der Waals surface area (Å²) < 4.78 is 25.9. The Kier molecular flexibility index (Phi) is 4.04. The Balaban J connectivity index is 2.33. The van der Waals surface area contributed by atoms with Gasteiger partial charge in [0.25, 0.3) is 10.0 Å². The molecule has 0 spiro atoms. The number of thiophene rings is 1. The topological polar surface area (TPSA) is 107 Å². The Labute approximate surface area is 119 Å². The van der Waals surface area contributed by atoms with Gasteiger partial charge in [0.2, 0.25) is 0 Å². The van der Waals surface area contributed by atoms with Crippen molar-refractivity contribution in [1.29, 1.82) is 0 Å². The van der Waals surface area contributed by atoms with Crippen molar-refractivity contribution in [2.24, 2.45) is 0 Å². The lowest BCUT2D eigenvalue weighted by Crippen LogP contribution is -2.36. The van der Waals surface area contributed by atoms with Crippen LogP contribution in [0, 0.1) is 10.1 Å². The van der Waals surface area contributed by atoms with Gasteiger partial charge in [-0.05, 0) is 12.2 Å². The first kappa shape index (κ1) is 14.6. The summed E-state index contributed by atoms with van der Waals surface area (Å²) in [6.07, 6.45) is 0.795. The minimum Gasteiger partial charge on any atom is -0.385 e. The molecule has 0 amide bonds. The second-order valence-corrected chi connectivity index (χ2v) is 8.57. The molecule has 0 aromatic carbocycles. The third-order valence-corrected chi connectivity index (χ3v) is 7.43. The van der Waals surface area contributed by atoms with Gasteiger partial charge < -0.3 is 5.73 Å². The average Bonchev–Trinajstić information content (AvgIpc) is 2.96. The SMILES string of the molecule is CN(C1CCSC1)S(=O)(=O)c1cc([N+](=O)[O-])c(N)s1. The molecule has 0 bridgehead atoms. The van der Waals surface area contributed by atoms with Crippen molar-refractivity contribution in [3.63, 3.8) is 0 Å². The van der Waals surface area contributed by atoms with Gasteiger partial charge in [-0.15, -0.1) is 0 Å². The lowest BCUT2D eigenvalue weighted by atomic mass is 10.3. The van der Waals surface area contributed by atoms with Gasteiger partial charge in [0.15, 0.2) is 5.00 Å². The molecule has 1 saturated heterocycles. The van der Waals surface area contributed by atoms with Gasteiger partial charge >= 0.3 is 5.69 Å². The minimum absolute atomic E-state index is 0.0580. The fourth-order valence-corrected chi connectivity index (χ4v) is 5.94. The van der Waals surface area contributed by atoms with Crippen LogP contribution in [0.5, 0.6) is 0 Å². The van der Waals surface area contributed by atoms with E-state index in [9.17, 15) is 18.5 Å². The Hall–Kier alpha value is -0.840. The van der Waals surface area contributed by atoms with Crippen molar-refractivity contribution in [1.82, 2.24) is 4.31 Å². The van der Waals surface area contributed by atoms with Gasteiger partial charge in [-0.3, -0.25) is 10.1 Å². The zero-order chi connectivity index (χ0) is 14.2. The Morgan fingerprint density at radius 3 is 2.74 bits per heavy atom. The molecule has 1 aromatic heterocycles. The summed E-state index contributed by atoms with van der Waals surface area (Å²) in [7, 11) is -2.20. The maximum Gasteiger partial charge on any atom is 0.304 e. The summed E-state index contributed by atoms with van der Waals surface area (Å²) >= 11 is 2.44. The molecule has 7 nitrogen and oxygen atoms in total. The van der Waals surface area contributed by atoms with E-state index in [1.807, 2.05) is 0 Å². The van der Waals surface area contributed by atoms with Crippen LogP contribution in [0.2, 0.25) is 0 Å². The maximum absolute atomic E-state index is 12.4. The fraction of sp³-hybridized carbons (Fsp3) is 0.556. The summed E-state index contributed by atoms with van der Waals surface area (Å²) in [5.74, 6) is 1.68. The zero-order valence-electron chi connectivity index (χ0n) is 10.1. The van der Waals surface area contributed by atoms with E-state index in [1.54, 1.807) is 11.8 Å². The highest BCUT2D eigenvalue weighted by Crippen LogP contribution is 2.36. The number of rotatable bonds is 4. The number of nitro groups is 1. The zero-order valence-corrected chi connectivity index (χ0v) is 12.6. The van der Waals surface area contributed by atoms with E-state index in [2.05, 4.69) is 0 Å². The van der Waals surface area contributed by atoms with Gasteiger partial charge in [0.05, 0.1) is 4.92 Å². The molecule has 1 fully saturated rings.